The molecule has 1 aromatic carbocycles. The Morgan fingerprint density at radius 3 is 2.71 bits per heavy atom. The van der Waals surface area contributed by atoms with Crippen LogP contribution in [0, 0.1) is 11.2 Å². The van der Waals surface area contributed by atoms with Crippen LogP contribution >= 0.6 is 0 Å². The van der Waals surface area contributed by atoms with Gasteiger partial charge in [-0.15, -0.1) is 0 Å². The van der Waals surface area contributed by atoms with Crippen LogP contribution in [0.15, 0.2) is 58.4 Å². The van der Waals surface area contributed by atoms with Crippen LogP contribution in [0.2, 0.25) is 0 Å². The number of halogens is 1. The summed E-state index contributed by atoms with van der Waals surface area (Å²) in [6.45, 7) is 2.05. The lowest BCUT2D eigenvalue weighted by Gasteiger charge is -2.32. The molecular weight excluding hydrogens is 449 g/mol. The molecule has 0 saturated heterocycles. The maximum Gasteiger partial charge on any atom is 0.230 e. The van der Waals surface area contributed by atoms with E-state index < -0.39 is 5.41 Å². The summed E-state index contributed by atoms with van der Waals surface area (Å²) in [4.78, 5) is 25.8. The van der Waals surface area contributed by atoms with Gasteiger partial charge in [0.1, 0.15) is 23.5 Å². The fourth-order valence-electron chi connectivity index (χ4n) is 4.02. The van der Waals surface area contributed by atoms with Gasteiger partial charge in [0.05, 0.1) is 24.2 Å². The zero-order valence-corrected chi connectivity index (χ0v) is 19.5. The molecule has 10 heteroatoms. The molecule has 2 aromatic heterocycles. The Labute approximate surface area is 202 Å². The number of aromatic nitrogens is 3. The minimum Gasteiger partial charge on any atom is -0.396 e. The summed E-state index contributed by atoms with van der Waals surface area (Å²) in [6, 6.07) is 7.98. The molecule has 1 amide bonds. The maximum atomic E-state index is 14.0. The minimum atomic E-state index is -0.427. The summed E-state index contributed by atoms with van der Waals surface area (Å²) >= 11 is 0. The first-order valence-corrected chi connectivity index (χ1v) is 11.5. The molecule has 4 rings (SSSR count). The average molecular weight is 478 g/mol. The molecule has 0 unspecified atom stereocenters. The zero-order chi connectivity index (χ0) is 24.8. The Balaban J connectivity index is 1.55. The van der Waals surface area contributed by atoms with Crippen molar-refractivity contribution in [3.05, 3.63) is 71.8 Å². The predicted octanol–water partition coefficient (Wildman–Crippen LogP) is 4.08. The Kier molecular flexibility index (Phi) is 7.19. The summed E-state index contributed by atoms with van der Waals surface area (Å²) in [5, 5.41) is 6.76. The molecule has 9 nitrogen and oxygen atoms in total. The Morgan fingerprint density at radius 2 is 2.03 bits per heavy atom. The standard InChI is InChI=1S/C25H28FN7O2/c1-25(10-5-2-6-11-25)24(34)31-21-15-30-23(32-22(21)28)18(27)13-20(19-9-12-35-33-19)29-14-16-7-3-4-8-17(16)26/h3-4,7-9,12-13,15H,2,5-6,10-11,14,27H2,1H3,(H,31,34)(H2,28,30,32). The summed E-state index contributed by atoms with van der Waals surface area (Å²) in [7, 11) is 0. The van der Waals surface area contributed by atoms with Gasteiger partial charge in [0, 0.05) is 17.0 Å². The van der Waals surface area contributed by atoms with Crippen LogP contribution in [-0.4, -0.2) is 26.7 Å². The van der Waals surface area contributed by atoms with Crippen molar-refractivity contribution in [1.29, 1.82) is 0 Å². The van der Waals surface area contributed by atoms with Crippen molar-refractivity contribution in [2.45, 2.75) is 45.6 Å². The lowest BCUT2D eigenvalue weighted by Crippen LogP contribution is -2.35. The molecular formula is C25H28FN7O2. The first kappa shape index (κ1) is 24.1. The first-order chi connectivity index (χ1) is 16.9. The minimum absolute atomic E-state index is 0.0748. The van der Waals surface area contributed by atoms with Crippen LogP contribution in [0.25, 0.3) is 5.70 Å². The third kappa shape index (κ3) is 5.71. The number of benzene rings is 1. The third-order valence-electron chi connectivity index (χ3n) is 6.20. The number of nitrogen functional groups attached to an aromatic ring is 1. The zero-order valence-electron chi connectivity index (χ0n) is 19.5. The lowest BCUT2D eigenvalue weighted by atomic mass is 9.75. The normalized spacial score (nSPS) is 16.2. The van der Waals surface area contributed by atoms with E-state index in [2.05, 4.69) is 25.4 Å². The van der Waals surface area contributed by atoms with Crippen molar-refractivity contribution >= 4 is 28.8 Å². The van der Waals surface area contributed by atoms with Gasteiger partial charge < -0.3 is 21.3 Å². The monoisotopic (exact) mass is 477 g/mol. The topological polar surface area (TPSA) is 145 Å². The van der Waals surface area contributed by atoms with Gasteiger partial charge in [0.2, 0.25) is 5.91 Å². The van der Waals surface area contributed by atoms with Crippen molar-refractivity contribution in [1.82, 2.24) is 15.1 Å². The van der Waals surface area contributed by atoms with E-state index in [-0.39, 0.29) is 35.6 Å². The number of hydrogen-bond donors (Lipinski definition) is 3. The highest BCUT2D eigenvalue weighted by molar-refractivity contribution is 6.10. The fourth-order valence-corrected chi connectivity index (χ4v) is 4.02. The average Bonchev–Trinajstić information content (AvgIpc) is 3.39. The van der Waals surface area contributed by atoms with E-state index in [0.717, 1.165) is 32.1 Å². The molecule has 2 heterocycles. The number of allylic oxidation sites excluding steroid dienone is 1. The molecule has 1 aliphatic rings. The van der Waals surface area contributed by atoms with Gasteiger partial charge in [0.15, 0.2) is 11.6 Å². The highest BCUT2D eigenvalue weighted by Gasteiger charge is 2.34. The van der Waals surface area contributed by atoms with E-state index in [1.807, 2.05) is 6.92 Å². The summed E-state index contributed by atoms with van der Waals surface area (Å²) < 4.78 is 18.9. The molecule has 0 bridgehead atoms. The number of amides is 1. The molecule has 3 aromatic rings. The second-order valence-corrected chi connectivity index (χ2v) is 8.85. The first-order valence-electron chi connectivity index (χ1n) is 11.5. The van der Waals surface area contributed by atoms with Gasteiger partial charge >= 0.3 is 0 Å². The van der Waals surface area contributed by atoms with Crippen molar-refractivity contribution in [3.8, 4) is 0 Å². The van der Waals surface area contributed by atoms with Crippen molar-refractivity contribution in [2.24, 2.45) is 16.1 Å². The van der Waals surface area contributed by atoms with E-state index in [4.69, 9.17) is 16.0 Å². The second kappa shape index (κ2) is 10.5. The fraction of sp³-hybridized carbons (Fsp3) is 0.320. The molecule has 1 fully saturated rings. The number of aliphatic imine (C=N–C) groups is 1. The highest BCUT2D eigenvalue weighted by atomic mass is 19.1. The summed E-state index contributed by atoms with van der Waals surface area (Å²) in [5.41, 5.74) is 13.6. The van der Waals surface area contributed by atoms with Crippen molar-refractivity contribution in [2.75, 3.05) is 11.1 Å². The quantitative estimate of drug-likeness (QED) is 0.435. The number of rotatable bonds is 7. The second-order valence-electron chi connectivity index (χ2n) is 8.85. The van der Waals surface area contributed by atoms with Gasteiger partial charge in [-0.3, -0.25) is 9.79 Å². The molecule has 1 aliphatic carbocycles. The van der Waals surface area contributed by atoms with Gasteiger partial charge in [0.25, 0.3) is 0 Å². The predicted molar refractivity (Wildman–Crippen MR) is 132 cm³/mol. The van der Waals surface area contributed by atoms with Gasteiger partial charge in [-0.1, -0.05) is 49.5 Å². The molecule has 182 valence electrons. The largest absolute Gasteiger partial charge is 0.396 e. The highest BCUT2D eigenvalue weighted by Crippen LogP contribution is 2.37. The van der Waals surface area contributed by atoms with Crippen LogP contribution < -0.4 is 16.8 Å². The lowest BCUT2D eigenvalue weighted by molar-refractivity contribution is -0.126. The summed E-state index contributed by atoms with van der Waals surface area (Å²) in [6.07, 6.45) is 9.24. The molecule has 0 radical (unpaired) electrons. The van der Waals surface area contributed by atoms with Crippen LogP contribution in [0.3, 0.4) is 0 Å². The third-order valence-corrected chi connectivity index (χ3v) is 6.20. The van der Waals surface area contributed by atoms with Gasteiger partial charge in [-0.2, -0.15) is 0 Å². The number of hydrogen-bond acceptors (Lipinski definition) is 8. The molecule has 0 atom stereocenters. The van der Waals surface area contributed by atoms with E-state index >= 15 is 0 Å². The van der Waals surface area contributed by atoms with Gasteiger partial charge in [-0.25, -0.2) is 14.4 Å². The Morgan fingerprint density at radius 1 is 1.26 bits per heavy atom. The van der Waals surface area contributed by atoms with Crippen LogP contribution in [0.4, 0.5) is 15.9 Å². The number of anilines is 2. The van der Waals surface area contributed by atoms with Crippen LogP contribution in [0.5, 0.6) is 0 Å². The number of carbonyl (C=O) groups is 1. The Hall–Kier alpha value is -4.08. The van der Waals surface area contributed by atoms with Crippen LogP contribution in [-0.2, 0) is 11.3 Å². The summed E-state index contributed by atoms with van der Waals surface area (Å²) in [5.74, 6) is -0.183. The molecule has 0 aliphatic heterocycles. The van der Waals surface area contributed by atoms with E-state index in [9.17, 15) is 9.18 Å². The van der Waals surface area contributed by atoms with E-state index in [1.54, 1.807) is 24.3 Å². The molecule has 1 saturated carbocycles. The molecule has 5 N–H and O–H groups in total. The smallest absolute Gasteiger partial charge is 0.230 e. The Bertz CT molecular complexity index is 1250. The number of nitrogens with zero attached hydrogens (tertiary/aromatic N) is 4. The number of nitrogens with one attached hydrogen (secondary N) is 1. The maximum absolute atomic E-state index is 14.0. The molecule has 0 spiro atoms. The molecule has 35 heavy (non-hydrogen) atoms. The van der Waals surface area contributed by atoms with E-state index in [1.165, 1.54) is 24.6 Å². The van der Waals surface area contributed by atoms with Crippen molar-refractivity contribution < 1.29 is 13.7 Å². The van der Waals surface area contributed by atoms with Gasteiger partial charge in [-0.05, 0) is 25.0 Å². The van der Waals surface area contributed by atoms with E-state index in [0.29, 0.717) is 22.7 Å². The number of nitrogens with two attached hydrogens (primary N) is 2. The van der Waals surface area contributed by atoms with Crippen molar-refractivity contribution in [3.63, 3.8) is 0 Å². The SMILES string of the molecule is CC1(C(=O)Nc2cnc(C(N)=CC(=NCc3ccccc3F)c3ccon3)nc2N)CCCCC1. The van der Waals surface area contributed by atoms with Crippen LogP contribution in [0.1, 0.15) is 56.1 Å². The number of carbonyl (C=O) groups excluding carboxylic acids is 1.